The van der Waals surface area contributed by atoms with Crippen LogP contribution in [0, 0.1) is 11.8 Å². The highest BCUT2D eigenvalue weighted by molar-refractivity contribution is 6.32. The molecule has 0 heterocycles. The van der Waals surface area contributed by atoms with Gasteiger partial charge < -0.3 is 19.5 Å². The highest BCUT2D eigenvalue weighted by atomic mass is 35.5. The van der Waals surface area contributed by atoms with Gasteiger partial charge in [0.1, 0.15) is 0 Å². The maximum atomic E-state index is 12.5. The zero-order chi connectivity index (χ0) is 18.4. The standard InChI is InChI=1S/C17H24ClNO5/c1-10(2)9-24-15-13(18)6-12(7-14(15)23-5)16(20)19(4)8-11(3)17(21)22/h6-7,10-11H,8-9H2,1-5H3,(H,21,22). The van der Waals surface area contributed by atoms with Gasteiger partial charge in [-0.2, -0.15) is 0 Å². The normalized spacial score (nSPS) is 12.0. The number of amides is 1. The number of rotatable bonds is 8. The number of carboxylic acid groups (broad SMARTS) is 1. The number of carbonyl (C=O) groups excluding carboxylic acids is 1. The summed E-state index contributed by atoms with van der Waals surface area (Å²) in [5, 5.41) is 9.23. The van der Waals surface area contributed by atoms with Crippen molar-refractivity contribution in [3.63, 3.8) is 0 Å². The van der Waals surface area contributed by atoms with Gasteiger partial charge in [-0.1, -0.05) is 32.4 Å². The van der Waals surface area contributed by atoms with Crippen LogP contribution in [0.2, 0.25) is 5.02 Å². The second kappa shape index (κ2) is 8.78. The molecule has 1 rings (SSSR count). The Balaban J connectivity index is 3.02. The fraction of sp³-hybridized carbons (Fsp3) is 0.529. The molecule has 6 nitrogen and oxygen atoms in total. The van der Waals surface area contributed by atoms with Crippen LogP contribution in [0.1, 0.15) is 31.1 Å². The Morgan fingerprint density at radius 2 is 1.92 bits per heavy atom. The van der Waals surface area contributed by atoms with Gasteiger partial charge in [-0.15, -0.1) is 0 Å². The smallest absolute Gasteiger partial charge is 0.308 e. The van der Waals surface area contributed by atoms with Gasteiger partial charge in [0.25, 0.3) is 5.91 Å². The lowest BCUT2D eigenvalue weighted by Gasteiger charge is -2.21. The van der Waals surface area contributed by atoms with E-state index in [1.54, 1.807) is 20.0 Å². The summed E-state index contributed by atoms with van der Waals surface area (Å²) in [5.74, 6) is -0.876. The van der Waals surface area contributed by atoms with Crippen LogP contribution >= 0.6 is 11.6 Å². The average molecular weight is 358 g/mol. The van der Waals surface area contributed by atoms with E-state index in [0.29, 0.717) is 29.6 Å². The van der Waals surface area contributed by atoms with Crippen molar-refractivity contribution in [1.29, 1.82) is 0 Å². The van der Waals surface area contributed by atoms with Crippen molar-refractivity contribution < 1.29 is 24.2 Å². The van der Waals surface area contributed by atoms with Crippen LogP contribution in [0.4, 0.5) is 0 Å². The van der Waals surface area contributed by atoms with Gasteiger partial charge in [0.15, 0.2) is 11.5 Å². The number of halogens is 1. The second-order valence-electron chi connectivity index (χ2n) is 6.12. The van der Waals surface area contributed by atoms with Crippen LogP contribution in [-0.4, -0.2) is 49.2 Å². The predicted molar refractivity (Wildman–Crippen MR) is 92.1 cm³/mol. The summed E-state index contributed by atoms with van der Waals surface area (Å²) in [5.41, 5.74) is 0.314. The van der Waals surface area contributed by atoms with E-state index in [-0.39, 0.29) is 17.5 Å². The third-order valence-electron chi connectivity index (χ3n) is 3.35. The molecule has 1 aromatic carbocycles. The van der Waals surface area contributed by atoms with Crippen molar-refractivity contribution in [1.82, 2.24) is 4.90 Å². The molecule has 0 aliphatic rings. The van der Waals surface area contributed by atoms with Gasteiger partial charge in [-0.25, -0.2) is 0 Å². The molecule has 1 N–H and O–H groups in total. The lowest BCUT2D eigenvalue weighted by atomic mass is 10.1. The van der Waals surface area contributed by atoms with E-state index < -0.39 is 11.9 Å². The summed E-state index contributed by atoms with van der Waals surface area (Å²) in [4.78, 5) is 24.7. The van der Waals surface area contributed by atoms with Crippen LogP contribution < -0.4 is 9.47 Å². The Labute approximate surface area is 147 Å². The first-order chi connectivity index (χ1) is 11.2. The molecule has 1 aromatic rings. The van der Waals surface area contributed by atoms with Gasteiger partial charge in [-0.05, 0) is 18.1 Å². The number of hydrogen-bond donors (Lipinski definition) is 1. The van der Waals surface area contributed by atoms with Crippen molar-refractivity contribution in [3.05, 3.63) is 22.7 Å². The van der Waals surface area contributed by atoms with Crippen LogP contribution in [0.3, 0.4) is 0 Å². The molecule has 24 heavy (non-hydrogen) atoms. The van der Waals surface area contributed by atoms with E-state index in [1.165, 1.54) is 18.1 Å². The third kappa shape index (κ3) is 5.30. The van der Waals surface area contributed by atoms with Crippen LogP contribution in [0.15, 0.2) is 12.1 Å². The molecule has 1 amide bonds. The first-order valence-corrected chi connectivity index (χ1v) is 8.03. The number of carboxylic acids is 1. The molecule has 0 aliphatic heterocycles. The molecule has 1 atom stereocenters. The van der Waals surface area contributed by atoms with Crippen molar-refractivity contribution in [2.45, 2.75) is 20.8 Å². The van der Waals surface area contributed by atoms with Gasteiger partial charge in [0.2, 0.25) is 0 Å². The minimum atomic E-state index is -0.956. The highest BCUT2D eigenvalue weighted by Crippen LogP contribution is 2.37. The molecule has 0 aromatic heterocycles. The Morgan fingerprint density at radius 1 is 1.29 bits per heavy atom. The second-order valence-corrected chi connectivity index (χ2v) is 6.53. The van der Waals surface area contributed by atoms with Crippen LogP contribution in [0.25, 0.3) is 0 Å². The molecule has 0 spiro atoms. The predicted octanol–water partition coefficient (Wildman–Crippen LogP) is 3.18. The van der Waals surface area contributed by atoms with Gasteiger partial charge >= 0.3 is 5.97 Å². The fourth-order valence-electron chi connectivity index (χ4n) is 2.03. The zero-order valence-corrected chi connectivity index (χ0v) is 15.4. The topological polar surface area (TPSA) is 76.1 Å². The fourth-order valence-corrected chi connectivity index (χ4v) is 2.29. The number of aliphatic carboxylic acids is 1. The summed E-state index contributed by atoms with van der Waals surface area (Å²) in [6.45, 7) is 6.13. The maximum Gasteiger partial charge on any atom is 0.308 e. The monoisotopic (exact) mass is 357 g/mol. The van der Waals surface area contributed by atoms with E-state index in [9.17, 15) is 9.59 Å². The van der Waals surface area contributed by atoms with E-state index in [4.69, 9.17) is 26.2 Å². The molecule has 0 radical (unpaired) electrons. The number of carbonyl (C=O) groups is 2. The van der Waals surface area contributed by atoms with E-state index in [1.807, 2.05) is 13.8 Å². The largest absolute Gasteiger partial charge is 0.493 e. The first kappa shape index (κ1) is 20.1. The quantitative estimate of drug-likeness (QED) is 0.773. The molecular formula is C17H24ClNO5. The lowest BCUT2D eigenvalue weighted by molar-refractivity contribution is -0.141. The number of benzene rings is 1. The molecule has 0 fully saturated rings. The Kier molecular flexibility index (Phi) is 7.35. The van der Waals surface area contributed by atoms with Gasteiger partial charge in [0.05, 0.1) is 24.7 Å². The van der Waals surface area contributed by atoms with E-state index in [2.05, 4.69) is 0 Å². The molecule has 1 unspecified atom stereocenters. The Hall–Kier alpha value is -1.95. The molecule has 0 saturated carbocycles. The minimum absolute atomic E-state index is 0.0969. The number of hydrogen-bond acceptors (Lipinski definition) is 4. The van der Waals surface area contributed by atoms with Gasteiger partial charge in [0, 0.05) is 19.2 Å². The number of ether oxygens (including phenoxy) is 2. The van der Waals surface area contributed by atoms with Crippen LogP contribution in [0.5, 0.6) is 11.5 Å². The Morgan fingerprint density at radius 3 is 2.42 bits per heavy atom. The lowest BCUT2D eigenvalue weighted by Crippen LogP contribution is -2.33. The summed E-state index contributed by atoms with van der Waals surface area (Å²) < 4.78 is 10.9. The van der Waals surface area contributed by atoms with Crippen molar-refractivity contribution in [2.24, 2.45) is 11.8 Å². The SMILES string of the molecule is COc1cc(C(=O)N(C)CC(C)C(=O)O)cc(Cl)c1OCC(C)C. The first-order valence-electron chi connectivity index (χ1n) is 7.65. The minimum Gasteiger partial charge on any atom is -0.493 e. The molecule has 0 aliphatic carbocycles. The molecule has 7 heteroatoms. The van der Waals surface area contributed by atoms with Crippen molar-refractivity contribution >= 4 is 23.5 Å². The Bertz CT molecular complexity index is 603. The summed E-state index contributed by atoms with van der Waals surface area (Å²) in [6.07, 6.45) is 0. The average Bonchev–Trinajstić information content (AvgIpc) is 2.51. The summed E-state index contributed by atoms with van der Waals surface area (Å²) >= 11 is 6.23. The van der Waals surface area contributed by atoms with E-state index in [0.717, 1.165) is 0 Å². The maximum absolute atomic E-state index is 12.5. The molecule has 0 bridgehead atoms. The van der Waals surface area contributed by atoms with E-state index >= 15 is 0 Å². The van der Waals surface area contributed by atoms with Crippen molar-refractivity contribution in [3.8, 4) is 11.5 Å². The molecular weight excluding hydrogens is 334 g/mol. The summed E-state index contributed by atoms with van der Waals surface area (Å²) in [7, 11) is 3.02. The van der Waals surface area contributed by atoms with Crippen molar-refractivity contribution in [2.75, 3.05) is 27.3 Å². The molecule has 134 valence electrons. The number of methoxy groups -OCH3 is 1. The third-order valence-corrected chi connectivity index (χ3v) is 3.63. The zero-order valence-electron chi connectivity index (χ0n) is 14.6. The molecule has 0 saturated heterocycles. The van der Waals surface area contributed by atoms with Crippen LogP contribution in [-0.2, 0) is 4.79 Å². The van der Waals surface area contributed by atoms with Gasteiger partial charge in [-0.3, -0.25) is 9.59 Å². The highest BCUT2D eigenvalue weighted by Gasteiger charge is 2.21. The summed E-state index contributed by atoms with van der Waals surface area (Å²) in [6, 6.07) is 3.05. The number of nitrogens with zero attached hydrogens (tertiary/aromatic N) is 1.